The quantitative estimate of drug-likeness (QED) is 0.914. The van der Waals surface area contributed by atoms with Crippen LogP contribution in [0.4, 0.5) is 11.4 Å². The number of thiazole rings is 1. The van der Waals surface area contributed by atoms with Crippen molar-refractivity contribution in [3.63, 3.8) is 0 Å². The molecule has 0 saturated heterocycles. The van der Waals surface area contributed by atoms with Gasteiger partial charge in [0, 0.05) is 19.0 Å². The Morgan fingerprint density at radius 3 is 2.56 bits per heavy atom. The highest BCUT2D eigenvalue weighted by atomic mass is 32.1. The van der Waals surface area contributed by atoms with Gasteiger partial charge in [-0.3, -0.25) is 0 Å². The number of nitrogens with zero attached hydrogens (tertiary/aromatic N) is 2. The average molecular weight is 261 g/mol. The molecule has 96 valence electrons. The van der Waals surface area contributed by atoms with E-state index in [0.29, 0.717) is 0 Å². The van der Waals surface area contributed by atoms with Crippen LogP contribution in [-0.4, -0.2) is 19.1 Å². The minimum absolute atomic E-state index is 0.782. The fraction of sp³-hybridized carbons (Fsp3) is 0.357. The largest absolute Gasteiger partial charge is 0.377 e. The third-order valence-electron chi connectivity index (χ3n) is 2.89. The van der Waals surface area contributed by atoms with E-state index in [9.17, 15) is 0 Å². The molecule has 0 fully saturated rings. The van der Waals surface area contributed by atoms with Crippen LogP contribution in [-0.2, 0) is 6.54 Å². The van der Waals surface area contributed by atoms with Gasteiger partial charge in [0.05, 0.1) is 23.6 Å². The van der Waals surface area contributed by atoms with E-state index >= 15 is 0 Å². The Kier molecular flexibility index (Phi) is 3.87. The van der Waals surface area contributed by atoms with E-state index in [4.69, 9.17) is 0 Å². The summed E-state index contributed by atoms with van der Waals surface area (Å²) >= 11 is 1.76. The summed E-state index contributed by atoms with van der Waals surface area (Å²) in [5.41, 5.74) is 3.48. The fourth-order valence-corrected chi connectivity index (χ4v) is 2.67. The number of hydrogen-bond donors (Lipinski definition) is 1. The number of rotatable bonds is 4. The van der Waals surface area contributed by atoms with E-state index in [-0.39, 0.29) is 0 Å². The van der Waals surface area contributed by atoms with Gasteiger partial charge < -0.3 is 10.2 Å². The Labute approximate surface area is 112 Å². The van der Waals surface area contributed by atoms with Crippen molar-refractivity contribution in [3.05, 3.63) is 39.8 Å². The lowest BCUT2D eigenvalue weighted by Gasteiger charge is -2.17. The fourth-order valence-electron chi connectivity index (χ4n) is 1.80. The van der Waals surface area contributed by atoms with E-state index < -0.39 is 0 Å². The molecule has 4 heteroatoms. The molecule has 0 spiro atoms. The van der Waals surface area contributed by atoms with Crippen molar-refractivity contribution >= 4 is 22.7 Å². The van der Waals surface area contributed by atoms with Crippen LogP contribution in [0.5, 0.6) is 0 Å². The zero-order chi connectivity index (χ0) is 13.1. The number of nitrogens with one attached hydrogen (secondary N) is 1. The van der Waals surface area contributed by atoms with E-state index in [1.165, 1.54) is 10.6 Å². The third kappa shape index (κ3) is 2.82. The van der Waals surface area contributed by atoms with Crippen LogP contribution < -0.4 is 10.2 Å². The van der Waals surface area contributed by atoms with Gasteiger partial charge in [-0.25, -0.2) is 4.98 Å². The van der Waals surface area contributed by atoms with Crippen molar-refractivity contribution in [2.24, 2.45) is 0 Å². The molecule has 1 aromatic carbocycles. The molecule has 0 saturated carbocycles. The topological polar surface area (TPSA) is 28.2 Å². The first kappa shape index (κ1) is 12.9. The molecule has 0 bridgehead atoms. The van der Waals surface area contributed by atoms with Gasteiger partial charge >= 0.3 is 0 Å². The van der Waals surface area contributed by atoms with Gasteiger partial charge in [-0.15, -0.1) is 11.3 Å². The van der Waals surface area contributed by atoms with Crippen LogP contribution in [0.2, 0.25) is 0 Å². The van der Waals surface area contributed by atoms with Crippen molar-refractivity contribution in [1.29, 1.82) is 0 Å². The maximum Gasteiger partial charge on any atom is 0.112 e. The van der Waals surface area contributed by atoms with E-state index in [2.05, 4.69) is 61.3 Å². The number of anilines is 2. The zero-order valence-electron chi connectivity index (χ0n) is 11.3. The van der Waals surface area contributed by atoms with E-state index in [1.54, 1.807) is 11.3 Å². The Balaban J connectivity index is 2.10. The highest BCUT2D eigenvalue weighted by Crippen LogP contribution is 2.25. The average Bonchev–Trinajstić information content (AvgIpc) is 2.66. The SMILES string of the molecule is Cc1nc(CNc2ccccc2N(C)C)sc1C. The van der Waals surface area contributed by atoms with Crippen molar-refractivity contribution < 1.29 is 0 Å². The van der Waals surface area contributed by atoms with Crippen molar-refractivity contribution in [1.82, 2.24) is 4.98 Å². The van der Waals surface area contributed by atoms with E-state index in [0.717, 1.165) is 22.9 Å². The van der Waals surface area contributed by atoms with Gasteiger partial charge in [-0.05, 0) is 26.0 Å². The van der Waals surface area contributed by atoms with Crippen LogP contribution in [0.1, 0.15) is 15.6 Å². The summed E-state index contributed by atoms with van der Waals surface area (Å²) < 4.78 is 0. The minimum atomic E-state index is 0.782. The first-order valence-electron chi connectivity index (χ1n) is 6.01. The minimum Gasteiger partial charge on any atom is -0.377 e. The predicted molar refractivity (Wildman–Crippen MR) is 79.7 cm³/mol. The molecule has 1 heterocycles. The van der Waals surface area contributed by atoms with Gasteiger partial charge in [0.1, 0.15) is 5.01 Å². The van der Waals surface area contributed by atoms with Crippen LogP contribution >= 0.6 is 11.3 Å². The van der Waals surface area contributed by atoms with E-state index in [1.807, 2.05) is 6.07 Å². The molecule has 0 amide bonds. The molecule has 1 N–H and O–H groups in total. The summed E-state index contributed by atoms with van der Waals surface area (Å²) in [5.74, 6) is 0. The number of hydrogen-bond acceptors (Lipinski definition) is 4. The zero-order valence-corrected chi connectivity index (χ0v) is 12.1. The highest BCUT2D eigenvalue weighted by molar-refractivity contribution is 7.11. The molecule has 0 aliphatic carbocycles. The predicted octanol–water partition coefficient (Wildman–Crippen LogP) is 3.44. The molecule has 0 aliphatic heterocycles. The molecular weight excluding hydrogens is 242 g/mol. The van der Waals surface area contributed by atoms with Crippen molar-refractivity contribution in [2.45, 2.75) is 20.4 Å². The number of aromatic nitrogens is 1. The Hall–Kier alpha value is -1.55. The van der Waals surface area contributed by atoms with Crippen molar-refractivity contribution in [2.75, 3.05) is 24.3 Å². The molecular formula is C14H19N3S. The van der Waals surface area contributed by atoms with Gasteiger partial charge in [0.15, 0.2) is 0 Å². The molecule has 0 unspecified atom stereocenters. The summed E-state index contributed by atoms with van der Waals surface area (Å²) in [6.45, 7) is 4.96. The molecule has 1 aromatic heterocycles. The van der Waals surface area contributed by atoms with Gasteiger partial charge in [-0.1, -0.05) is 12.1 Å². The maximum atomic E-state index is 4.54. The molecule has 2 rings (SSSR count). The number of para-hydroxylation sites is 2. The highest BCUT2D eigenvalue weighted by Gasteiger charge is 2.06. The molecule has 0 atom stereocenters. The van der Waals surface area contributed by atoms with Crippen LogP contribution in [0.3, 0.4) is 0 Å². The second-order valence-corrected chi connectivity index (χ2v) is 5.80. The summed E-state index contributed by atoms with van der Waals surface area (Å²) in [5, 5.41) is 4.60. The second kappa shape index (κ2) is 5.40. The first-order valence-corrected chi connectivity index (χ1v) is 6.82. The lowest BCUT2D eigenvalue weighted by atomic mass is 10.2. The molecule has 18 heavy (non-hydrogen) atoms. The Morgan fingerprint density at radius 2 is 1.94 bits per heavy atom. The monoisotopic (exact) mass is 261 g/mol. The number of aryl methyl sites for hydroxylation is 2. The smallest absolute Gasteiger partial charge is 0.112 e. The summed E-state index contributed by atoms with van der Waals surface area (Å²) in [6, 6.07) is 8.31. The summed E-state index contributed by atoms with van der Waals surface area (Å²) in [7, 11) is 4.11. The van der Waals surface area contributed by atoms with Crippen LogP contribution in [0.15, 0.2) is 24.3 Å². The maximum absolute atomic E-state index is 4.54. The Bertz CT molecular complexity index is 512. The van der Waals surface area contributed by atoms with Gasteiger partial charge in [-0.2, -0.15) is 0 Å². The lowest BCUT2D eigenvalue weighted by Crippen LogP contribution is -2.12. The molecule has 0 aliphatic rings. The number of benzene rings is 1. The third-order valence-corrected chi connectivity index (χ3v) is 3.96. The van der Waals surface area contributed by atoms with Crippen molar-refractivity contribution in [3.8, 4) is 0 Å². The standard InChI is InChI=1S/C14H19N3S/c1-10-11(2)18-14(16-10)9-15-12-7-5-6-8-13(12)17(3)4/h5-8,15H,9H2,1-4H3. The van der Waals surface area contributed by atoms with Crippen LogP contribution in [0.25, 0.3) is 0 Å². The second-order valence-electron chi connectivity index (χ2n) is 4.51. The van der Waals surface area contributed by atoms with Gasteiger partial charge in [0.2, 0.25) is 0 Å². The van der Waals surface area contributed by atoms with Gasteiger partial charge in [0.25, 0.3) is 0 Å². The molecule has 0 radical (unpaired) electrons. The van der Waals surface area contributed by atoms with Crippen LogP contribution in [0, 0.1) is 13.8 Å². The normalized spacial score (nSPS) is 10.4. The lowest BCUT2D eigenvalue weighted by molar-refractivity contribution is 1.06. The Morgan fingerprint density at radius 1 is 1.22 bits per heavy atom. The molecule has 2 aromatic rings. The first-order chi connectivity index (χ1) is 8.58. The summed E-state index contributed by atoms with van der Waals surface area (Å²) in [6.07, 6.45) is 0. The summed E-state index contributed by atoms with van der Waals surface area (Å²) in [4.78, 5) is 7.95. The molecule has 3 nitrogen and oxygen atoms in total.